The second kappa shape index (κ2) is 5.96. The van der Waals surface area contributed by atoms with Gasteiger partial charge < -0.3 is 10.0 Å². The van der Waals surface area contributed by atoms with Crippen molar-refractivity contribution in [2.24, 2.45) is 0 Å². The fraction of sp³-hybridized carbons (Fsp3) is 0.588. The first-order valence-corrected chi connectivity index (χ1v) is 7.49. The second-order valence-corrected chi connectivity index (χ2v) is 6.50. The molecule has 1 aliphatic rings. The van der Waals surface area contributed by atoms with Crippen molar-refractivity contribution in [3.8, 4) is 0 Å². The first-order chi connectivity index (χ1) is 9.37. The third-order valence-corrected chi connectivity index (χ3v) is 4.04. The van der Waals surface area contributed by atoms with Crippen molar-refractivity contribution in [2.45, 2.75) is 58.1 Å². The van der Waals surface area contributed by atoms with Gasteiger partial charge in [0.1, 0.15) is 0 Å². The molecular formula is C17H25NO2. The Morgan fingerprint density at radius 3 is 2.50 bits per heavy atom. The first-order valence-electron chi connectivity index (χ1n) is 7.49. The van der Waals surface area contributed by atoms with Crippen LogP contribution in [-0.4, -0.2) is 34.1 Å². The maximum absolute atomic E-state index is 12.4. The van der Waals surface area contributed by atoms with E-state index in [4.69, 9.17) is 0 Å². The average Bonchev–Trinajstić information content (AvgIpc) is 2.81. The van der Waals surface area contributed by atoms with Crippen LogP contribution in [0.25, 0.3) is 0 Å². The summed E-state index contributed by atoms with van der Waals surface area (Å²) in [6.45, 7) is 6.63. The Hall–Kier alpha value is -1.35. The van der Waals surface area contributed by atoms with Crippen LogP contribution in [0.1, 0.15) is 56.0 Å². The Kier molecular flexibility index (Phi) is 4.48. The minimum atomic E-state index is -0.639. The number of likely N-dealkylation sites (tertiary alicyclic amines) is 1. The van der Waals surface area contributed by atoms with Gasteiger partial charge in [-0.15, -0.1) is 0 Å². The van der Waals surface area contributed by atoms with Gasteiger partial charge in [0.2, 0.25) is 0 Å². The Balaban J connectivity index is 1.99. The predicted molar refractivity (Wildman–Crippen MR) is 80.8 cm³/mol. The molecule has 0 radical (unpaired) electrons. The third-order valence-electron chi connectivity index (χ3n) is 4.04. The van der Waals surface area contributed by atoms with Crippen LogP contribution in [-0.2, 0) is 6.42 Å². The van der Waals surface area contributed by atoms with Crippen LogP contribution in [0, 0.1) is 0 Å². The van der Waals surface area contributed by atoms with Crippen molar-refractivity contribution < 1.29 is 9.90 Å². The number of hydrogen-bond acceptors (Lipinski definition) is 2. The lowest BCUT2D eigenvalue weighted by Gasteiger charge is -2.21. The Bertz CT molecular complexity index is 459. The van der Waals surface area contributed by atoms with E-state index < -0.39 is 5.60 Å². The fourth-order valence-electron chi connectivity index (χ4n) is 2.67. The summed E-state index contributed by atoms with van der Waals surface area (Å²) in [4.78, 5) is 14.3. The Morgan fingerprint density at radius 1 is 1.35 bits per heavy atom. The van der Waals surface area contributed by atoms with E-state index in [-0.39, 0.29) is 5.91 Å². The number of carbonyl (C=O) groups excluding carboxylic acids is 1. The van der Waals surface area contributed by atoms with Crippen LogP contribution in [0.5, 0.6) is 0 Å². The number of benzene rings is 1. The summed E-state index contributed by atoms with van der Waals surface area (Å²) in [5, 5.41) is 9.73. The van der Waals surface area contributed by atoms with Crippen LogP contribution >= 0.6 is 0 Å². The second-order valence-electron chi connectivity index (χ2n) is 6.50. The molecule has 1 atom stereocenters. The number of hydrogen-bond donors (Lipinski definition) is 1. The van der Waals surface area contributed by atoms with Gasteiger partial charge >= 0.3 is 0 Å². The summed E-state index contributed by atoms with van der Waals surface area (Å²) in [7, 11) is 0. The van der Waals surface area contributed by atoms with Crippen LogP contribution in [0.2, 0.25) is 0 Å². The zero-order valence-corrected chi connectivity index (χ0v) is 12.7. The lowest BCUT2D eigenvalue weighted by atomic mass is 9.98. The zero-order valence-electron chi connectivity index (χ0n) is 12.7. The van der Waals surface area contributed by atoms with Gasteiger partial charge in [-0.3, -0.25) is 4.79 Å². The van der Waals surface area contributed by atoms with Gasteiger partial charge in [0.05, 0.1) is 5.60 Å². The van der Waals surface area contributed by atoms with Gasteiger partial charge in [0, 0.05) is 18.2 Å². The molecule has 110 valence electrons. The van der Waals surface area contributed by atoms with Gasteiger partial charge in [-0.05, 0) is 64.2 Å². The minimum absolute atomic E-state index is 0.143. The highest BCUT2D eigenvalue weighted by molar-refractivity contribution is 5.94. The van der Waals surface area contributed by atoms with Gasteiger partial charge in [0.25, 0.3) is 5.91 Å². The van der Waals surface area contributed by atoms with Crippen molar-refractivity contribution in [1.29, 1.82) is 0 Å². The molecule has 20 heavy (non-hydrogen) atoms. The molecule has 1 saturated heterocycles. The van der Waals surface area contributed by atoms with E-state index in [9.17, 15) is 9.90 Å². The monoisotopic (exact) mass is 275 g/mol. The van der Waals surface area contributed by atoms with Gasteiger partial charge in [-0.1, -0.05) is 12.1 Å². The van der Waals surface area contributed by atoms with E-state index in [1.165, 1.54) is 0 Å². The Labute approximate surface area is 121 Å². The van der Waals surface area contributed by atoms with E-state index in [0.29, 0.717) is 6.04 Å². The van der Waals surface area contributed by atoms with Crippen LogP contribution in [0.15, 0.2) is 24.3 Å². The smallest absolute Gasteiger partial charge is 0.254 e. The number of carbonyl (C=O) groups is 1. The van der Waals surface area contributed by atoms with Gasteiger partial charge in [-0.2, -0.15) is 0 Å². The molecule has 0 bridgehead atoms. The number of nitrogens with zero attached hydrogens (tertiary/aromatic N) is 1. The third kappa shape index (κ3) is 3.83. The van der Waals surface area contributed by atoms with E-state index in [2.05, 4.69) is 6.92 Å². The molecule has 1 fully saturated rings. The molecular weight excluding hydrogens is 250 g/mol. The summed E-state index contributed by atoms with van der Waals surface area (Å²) in [6.07, 6.45) is 3.77. The van der Waals surface area contributed by atoms with E-state index in [1.807, 2.05) is 43.0 Å². The number of amides is 1. The highest BCUT2D eigenvalue weighted by Crippen LogP contribution is 2.20. The normalized spacial score (nSPS) is 19.4. The molecule has 1 N–H and O–H groups in total. The van der Waals surface area contributed by atoms with Crippen molar-refractivity contribution in [3.63, 3.8) is 0 Å². The lowest BCUT2D eigenvalue weighted by molar-refractivity contribution is 0.0711. The molecule has 0 aliphatic carbocycles. The van der Waals surface area contributed by atoms with Crippen molar-refractivity contribution in [1.82, 2.24) is 4.90 Å². The summed E-state index contributed by atoms with van der Waals surface area (Å²) < 4.78 is 0. The molecule has 0 saturated carbocycles. The molecule has 1 aromatic rings. The largest absolute Gasteiger partial charge is 0.390 e. The lowest BCUT2D eigenvalue weighted by Crippen LogP contribution is -2.33. The molecule has 1 amide bonds. The number of aliphatic hydroxyl groups is 1. The first kappa shape index (κ1) is 15.0. The molecule has 1 aromatic carbocycles. The van der Waals surface area contributed by atoms with Gasteiger partial charge in [-0.25, -0.2) is 0 Å². The molecule has 1 aliphatic heterocycles. The molecule has 3 nitrogen and oxygen atoms in total. The molecule has 3 heteroatoms. The highest BCUT2D eigenvalue weighted by Gasteiger charge is 2.25. The van der Waals surface area contributed by atoms with Crippen molar-refractivity contribution >= 4 is 5.91 Å². The van der Waals surface area contributed by atoms with Crippen LogP contribution in [0.4, 0.5) is 0 Å². The summed E-state index contributed by atoms with van der Waals surface area (Å²) >= 11 is 0. The highest BCUT2D eigenvalue weighted by atomic mass is 16.3. The minimum Gasteiger partial charge on any atom is -0.390 e. The predicted octanol–water partition coefficient (Wildman–Crippen LogP) is 3.01. The van der Waals surface area contributed by atoms with Crippen LogP contribution < -0.4 is 0 Å². The fourth-order valence-corrected chi connectivity index (χ4v) is 2.67. The van der Waals surface area contributed by atoms with E-state index in [0.717, 1.165) is 43.4 Å². The SMILES string of the molecule is C[C@@H]1CCCN1C(=O)c1ccc(CCC(C)(C)O)cc1. The molecule has 2 rings (SSSR count). The van der Waals surface area contributed by atoms with Gasteiger partial charge in [0.15, 0.2) is 0 Å². The summed E-state index contributed by atoms with van der Waals surface area (Å²) in [5.41, 5.74) is 1.29. The average molecular weight is 275 g/mol. The Morgan fingerprint density at radius 2 is 2.00 bits per heavy atom. The summed E-state index contributed by atoms with van der Waals surface area (Å²) in [6, 6.07) is 8.18. The zero-order chi connectivity index (χ0) is 14.8. The molecule has 1 heterocycles. The van der Waals surface area contributed by atoms with Crippen molar-refractivity contribution in [2.75, 3.05) is 6.54 Å². The maximum Gasteiger partial charge on any atom is 0.254 e. The number of aryl methyl sites for hydroxylation is 1. The van der Waals surface area contributed by atoms with E-state index >= 15 is 0 Å². The topological polar surface area (TPSA) is 40.5 Å². The quantitative estimate of drug-likeness (QED) is 0.917. The molecule has 0 spiro atoms. The number of rotatable bonds is 4. The standard InChI is InChI=1S/C17H25NO2/c1-13-5-4-12-18(13)16(19)15-8-6-14(7-9-15)10-11-17(2,3)20/h6-9,13,20H,4-5,10-12H2,1-3H3/t13-/m1/s1. The van der Waals surface area contributed by atoms with Crippen LogP contribution in [0.3, 0.4) is 0 Å². The molecule has 0 unspecified atom stereocenters. The summed E-state index contributed by atoms with van der Waals surface area (Å²) in [5.74, 6) is 0.143. The van der Waals surface area contributed by atoms with E-state index in [1.54, 1.807) is 0 Å². The molecule has 0 aromatic heterocycles. The maximum atomic E-state index is 12.4. The van der Waals surface area contributed by atoms with Crippen molar-refractivity contribution in [3.05, 3.63) is 35.4 Å².